The zero-order valence-corrected chi connectivity index (χ0v) is 19.0. The van der Waals surface area contributed by atoms with Crippen LogP contribution in [-0.4, -0.2) is 29.2 Å². The molecule has 0 saturated carbocycles. The largest absolute Gasteiger partial charge is 0.416 e. The first-order chi connectivity index (χ1) is 16.6. The number of aryl methyl sites for hydroxylation is 2. The van der Waals surface area contributed by atoms with Crippen molar-refractivity contribution in [2.75, 3.05) is 11.9 Å². The van der Waals surface area contributed by atoms with Crippen molar-refractivity contribution in [1.29, 1.82) is 0 Å². The molecule has 35 heavy (non-hydrogen) atoms. The Morgan fingerprint density at radius 3 is 2.14 bits per heavy atom. The van der Waals surface area contributed by atoms with Crippen LogP contribution in [0.3, 0.4) is 0 Å². The highest BCUT2D eigenvalue weighted by molar-refractivity contribution is 6.21. The number of hydrogen-bond acceptors (Lipinski definition) is 3. The maximum atomic E-state index is 12.7. The van der Waals surface area contributed by atoms with Gasteiger partial charge in [0.15, 0.2) is 0 Å². The van der Waals surface area contributed by atoms with Gasteiger partial charge in [0, 0.05) is 12.2 Å². The summed E-state index contributed by atoms with van der Waals surface area (Å²) in [6.45, 7) is 2.17. The van der Waals surface area contributed by atoms with E-state index in [2.05, 4.69) is 5.32 Å². The predicted octanol–water partition coefficient (Wildman–Crippen LogP) is 5.42. The molecule has 0 atom stereocenters. The first-order valence-electron chi connectivity index (χ1n) is 11.1. The molecule has 0 saturated heterocycles. The average Bonchev–Trinajstić information content (AvgIpc) is 3.06. The molecule has 0 aromatic heterocycles. The lowest BCUT2D eigenvalue weighted by molar-refractivity contribution is -0.137. The Morgan fingerprint density at radius 1 is 0.914 bits per heavy atom. The van der Waals surface area contributed by atoms with Gasteiger partial charge in [-0.25, -0.2) is 0 Å². The first kappa shape index (κ1) is 24.2. The maximum Gasteiger partial charge on any atom is 0.416 e. The molecule has 0 radical (unpaired) electrons. The highest BCUT2D eigenvalue weighted by Gasteiger charge is 2.34. The van der Waals surface area contributed by atoms with Gasteiger partial charge in [-0.1, -0.05) is 30.3 Å². The minimum atomic E-state index is -4.43. The molecule has 0 spiro atoms. The van der Waals surface area contributed by atoms with E-state index in [0.717, 1.165) is 28.8 Å². The Morgan fingerprint density at radius 2 is 1.54 bits per heavy atom. The molecular weight excluding hydrogens is 457 g/mol. The Hall–Kier alpha value is -3.94. The second kappa shape index (κ2) is 9.74. The number of fused-ring (bicyclic) bond motifs is 1. The second-order valence-corrected chi connectivity index (χ2v) is 8.47. The number of nitrogens with one attached hydrogen (secondary N) is 1. The summed E-state index contributed by atoms with van der Waals surface area (Å²) in [6, 6.07) is 16.8. The van der Waals surface area contributed by atoms with E-state index in [0.29, 0.717) is 30.5 Å². The Labute approximate surface area is 200 Å². The van der Waals surface area contributed by atoms with Gasteiger partial charge in [0.25, 0.3) is 11.8 Å². The van der Waals surface area contributed by atoms with Crippen molar-refractivity contribution in [2.24, 2.45) is 0 Å². The van der Waals surface area contributed by atoms with Crippen LogP contribution in [0.1, 0.15) is 49.4 Å². The van der Waals surface area contributed by atoms with Crippen molar-refractivity contribution in [3.63, 3.8) is 0 Å². The van der Waals surface area contributed by atoms with E-state index in [4.69, 9.17) is 0 Å². The fraction of sp³-hybridized carbons (Fsp3) is 0.222. The molecule has 4 rings (SSSR count). The minimum Gasteiger partial charge on any atom is -0.326 e. The van der Waals surface area contributed by atoms with Crippen LogP contribution in [0.2, 0.25) is 0 Å². The van der Waals surface area contributed by atoms with E-state index < -0.39 is 11.7 Å². The quantitative estimate of drug-likeness (QED) is 0.459. The van der Waals surface area contributed by atoms with Crippen LogP contribution in [-0.2, 0) is 23.8 Å². The standard InChI is InChI=1S/C27H23F3N2O3/c1-17-8-9-18(5-4-14-32-25(34)22-6-2-3-7-23(22)26(32)35)15-19(17)16-24(33)31-21-12-10-20(11-13-21)27(28,29)30/h2-3,6-13,15H,4-5,14,16H2,1H3,(H,31,33). The Kier molecular flexibility index (Phi) is 6.73. The van der Waals surface area contributed by atoms with Crippen molar-refractivity contribution in [3.8, 4) is 0 Å². The van der Waals surface area contributed by atoms with E-state index in [-0.39, 0.29) is 29.8 Å². The molecule has 3 amide bonds. The zero-order valence-electron chi connectivity index (χ0n) is 19.0. The van der Waals surface area contributed by atoms with Gasteiger partial charge in [0.2, 0.25) is 5.91 Å². The van der Waals surface area contributed by atoms with Gasteiger partial charge in [0.1, 0.15) is 0 Å². The van der Waals surface area contributed by atoms with E-state index in [1.54, 1.807) is 24.3 Å². The highest BCUT2D eigenvalue weighted by Crippen LogP contribution is 2.30. The molecule has 5 nitrogen and oxygen atoms in total. The average molecular weight is 480 g/mol. The predicted molar refractivity (Wildman–Crippen MR) is 125 cm³/mol. The summed E-state index contributed by atoms with van der Waals surface area (Å²) in [6.07, 6.45) is -3.18. The molecule has 0 fully saturated rings. The van der Waals surface area contributed by atoms with Crippen LogP contribution in [0.15, 0.2) is 66.7 Å². The molecule has 1 aliphatic rings. The van der Waals surface area contributed by atoms with Gasteiger partial charge in [0.05, 0.1) is 23.1 Å². The summed E-state index contributed by atoms with van der Waals surface area (Å²) in [5, 5.41) is 2.63. The molecule has 180 valence electrons. The molecular formula is C27H23F3N2O3. The summed E-state index contributed by atoms with van der Waals surface area (Å²) in [7, 11) is 0. The monoisotopic (exact) mass is 480 g/mol. The second-order valence-electron chi connectivity index (χ2n) is 8.47. The third kappa shape index (κ3) is 5.42. The number of hydrogen-bond donors (Lipinski definition) is 1. The van der Waals surface area contributed by atoms with Crippen LogP contribution in [0, 0.1) is 6.92 Å². The summed E-state index contributed by atoms with van der Waals surface area (Å²) in [4.78, 5) is 38.7. The number of amides is 3. The SMILES string of the molecule is Cc1ccc(CCCN2C(=O)c3ccccc3C2=O)cc1CC(=O)Nc1ccc(C(F)(F)F)cc1. The Balaban J connectivity index is 1.34. The van der Waals surface area contributed by atoms with Gasteiger partial charge in [-0.3, -0.25) is 19.3 Å². The molecule has 8 heteroatoms. The van der Waals surface area contributed by atoms with Gasteiger partial charge in [-0.2, -0.15) is 13.2 Å². The lowest BCUT2D eigenvalue weighted by Gasteiger charge is -2.14. The van der Waals surface area contributed by atoms with E-state index >= 15 is 0 Å². The fourth-order valence-electron chi connectivity index (χ4n) is 4.07. The number of rotatable bonds is 7. The van der Waals surface area contributed by atoms with Crippen LogP contribution >= 0.6 is 0 Å². The highest BCUT2D eigenvalue weighted by atomic mass is 19.4. The third-order valence-corrected chi connectivity index (χ3v) is 5.99. The molecule has 1 N–H and O–H groups in total. The number of alkyl halides is 3. The fourth-order valence-corrected chi connectivity index (χ4v) is 4.07. The van der Waals surface area contributed by atoms with Gasteiger partial charge in [-0.05, 0) is 72.9 Å². The van der Waals surface area contributed by atoms with Gasteiger partial charge >= 0.3 is 6.18 Å². The third-order valence-electron chi connectivity index (χ3n) is 5.99. The van der Waals surface area contributed by atoms with Crippen molar-refractivity contribution in [3.05, 3.63) is 100 Å². The molecule has 1 heterocycles. The Bertz CT molecular complexity index is 1250. The lowest BCUT2D eigenvalue weighted by atomic mass is 9.99. The molecule has 0 aliphatic carbocycles. The number of benzene rings is 3. The minimum absolute atomic E-state index is 0.0686. The molecule has 0 unspecified atom stereocenters. The van der Waals surface area contributed by atoms with E-state index in [1.807, 2.05) is 25.1 Å². The molecule has 0 bridgehead atoms. The maximum absolute atomic E-state index is 12.7. The van der Waals surface area contributed by atoms with Crippen LogP contribution < -0.4 is 5.32 Å². The summed E-state index contributed by atoms with van der Waals surface area (Å²) in [5.74, 6) is -0.902. The summed E-state index contributed by atoms with van der Waals surface area (Å²) in [5.41, 5.74) is 3.04. The lowest BCUT2D eigenvalue weighted by Crippen LogP contribution is -2.30. The topological polar surface area (TPSA) is 66.5 Å². The number of carbonyl (C=O) groups is 3. The smallest absolute Gasteiger partial charge is 0.326 e. The number of anilines is 1. The normalized spacial score (nSPS) is 13.2. The van der Waals surface area contributed by atoms with Crippen molar-refractivity contribution in [2.45, 2.75) is 32.4 Å². The van der Waals surface area contributed by atoms with E-state index in [1.165, 1.54) is 17.0 Å². The molecule has 3 aromatic carbocycles. The van der Waals surface area contributed by atoms with Crippen LogP contribution in [0.25, 0.3) is 0 Å². The number of halogens is 3. The van der Waals surface area contributed by atoms with Crippen molar-refractivity contribution < 1.29 is 27.6 Å². The zero-order chi connectivity index (χ0) is 25.2. The molecule has 1 aliphatic heterocycles. The number of imide groups is 1. The van der Waals surface area contributed by atoms with Crippen LogP contribution in [0.5, 0.6) is 0 Å². The first-order valence-corrected chi connectivity index (χ1v) is 11.1. The van der Waals surface area contributed by atoms with Gasteiger partial charge < -0.3 is 5.32 Å². The summed E-state index contributed by atoms with van der Waals surface area (Å²) >= 11 is 0. The van der Waals surface area contributed by atoms with Gasteiger partial charge in [-0.15, -0.1) is 0 Å². The molecule has 3 aromatic rings. The summed E-state index contributed by atoms with van der Waals surface area (Å²) < 4.78 is 38.1. The number of nitrogens with zero attached hydrogens (tertiary/aromatic N) is 1. The van der Waals surface area contributed by atoms with Crippen molar-refractivity contribution in [1.82, 2.24) is 4.90 Å². The van der Waals surface area contributed by atoms with E-state index in [9.17, 15) is 27.6 Å². The number of carbonyl (C=O) groups excluding carboxylic acids is 3. The van der Waals surface area contributed by atoms with Crippen LogP contribution in [0.4, 0.5) is 18.9 Å². The van der Waals surface area contributed by atoms with Crippen molar-refractivity contribution >= 4 is 23.4 Å².